The van der Waals surface area contributed by atoms with Crippen LogP contribution in [-0.2, 0) is 9.53 Å². The molecule has 1 aliphatic heterocycles. The quantitative estimate of drug-likeness (QED) is 0.585. The molecule has 0 saturated heterocycles. The molecule has 4 nitrogen and oxygen atoms in total. The molecular formula is C17H11Cl2NO3. The van der Waals surface area contributed by atoms with Crippen LogP contribution >= 0.6 is 23.2 Å². The van der Waals surface area contributed by atoms with Gasteiger partial charge in [-0.1, -0.05) is 35.3 Å². The van der Waals surface area contributed by atoms with Gasteiger partial charge in [0, 0.05) is 12.2 Å². The Labute approximate surface area is 142 Å². The van der Waals surface area contributed by atoms with Crippen molar-refractivity contribution in [2.24, 2.45) is 4.99 Å². The summed E-state index contributed by atoms with van der Waals surface area (Å²) in [4.78, 5) is 15.9. The Bertz CT molecular complexity index is 862. The second-order valence-electron chi connectivity index (χ2n) is 4.79. The number of rotatable bonds is 3. The number of hydrogen-bond acceptors (Lipinski definition) is 4. The van der Waals surface area contributed by atoms with Gasteiger partial charge in [-0.2, -0.15) is 0 Å². The van der Waals surface area contributed by atoms with Crippen molar-refractivity contribution in [1.82, 2.24) is 0 Å². The number of hydrogen-bond donors (Lipinski definition) is 0. The van der Waals surface area contributed by atoms with Gasteiger partial charge in [0.2, 0.25) is 5.90 Å². The lowest BCUT2D eigenvalue weighted by atomic mass is 10.2. The van der Waals surface area contributed by atoms with Crippen molar-refractivity contribution < 1.29 is 13.9 Å². The molecule has 0 aliphatic carbocycles. The highest BCUT2D eigenvalue weighted by Gasteiger charge is 2.21. The smallest absolute Gasteiger partial charge is 0.363 e. The molecule has 0 fully saturated rings. The first kappa shape index (κ1) is 15.6. The van der Waals surface area contributed by atoms with E-state index in [0.29, 0.717) is 21.4 Å². The molecule has 0 spiro atoms. The highest BCUT2D eigenvalue weighted by atomic mass is 35.5. The Kier molecular flexibility index (Phi) is 4.37. The number of nitrogens with zero attached hydrogens (tertiary/aromatic N) is 1. The number of aryl methyl sites for hydroxylation is 1. The van der Waals surface area contributed by atoms with Crippen molar-refractivity contribution in [3.8, 4) is 0 Å². The third kappa shape index (κ3) is 3.55. The predicted molar refractivity (Wildman–Crippen MR) is 90.4 cm³/mol. The second-order valence-corrected chi connectivity index (χ2v) is 5.58. The SMILES string of the molecule is Cc1ccc(C=C2N=C(C=Cc3cccc(Cl)c3Cl)OC2=O)o1. The standard InChI is InChI=1S/C17H11Cl2NO3/c1-10-5-7-12(22-10)9-14-17(21)23-15(20-14)8-6-11-3-2-4-13(18)16(11)19/h2-9H,1H3. The van der Waals surface area contributed by atoms with Crippen molar-refractivity contribution in [2.75, 3.05) is 0 Å². The molecule has 0 atom stereocenters. The molecule has 0 saturated carbocycles. The maximum Gasteiger partial charge on any atom is 0.363 e. The number of halogens is 2. The van der Waals surface area contributed by atoms with Crippen LogP contribution in [0.25, 0.3) is 12.2 Å². The van der Waals surface area contributed by atoms with E-state index < -0.39 is 5.97 Å². The topological polar surface area (TPSA) is 51.8 Å². The highest BCUT2D eigenvalue weighted by molar-refractivity contribution is 6.42. The van der Waals surface area contributed by atoms with Crippen LogP contribution in [-0.4, -0.2) is 11.9 Å². The van der Waals surface area contributed by atoms with Gasteiger partial charge < -0.3 is 9.15 Å². The lowest BCUT2D eigenvalue weighted by Gasteiger charge is -1.99. The van der Waals surface area contributed by atoms with Gasteiger partial charge in [-0.05, 0) is 36.8 Å². The summed E-state index contributed by atoms with van der Waals surface area (Å²) in [5, 5.41) is 0.880. The summed E-state index contributed by atoms with van der Waals surface area (Å²) in [6.07, 6.45) is 4.77. The average Bonchev–Trinajstić information content (AvgIpc) is 3.07. The first-order chi connectivity index (χ1) is 11.0. The van der Waals surface area contributed by atoms with E-state index in [4.69, 9.17) is 32.4 Å². The van der Waals surface area contributed by atoms with Crippen molar-refractivity contribution in [1.29, 1.82) is 0 Å². The number of cyclic esters (lactones) is 1. The Morgan fingerprint density at radius 3 is 2.70 bits per heavy atom. The molecule has 1 aromatic heterocycles. The monoisotopic (exact) mass is 347 g/mol. The molecule has 0 unspecified atom stereocenters. The molecule has 3 rings (SSSR count). The molecule has 2 heterocycles. The Balaban J connectivity index is 1.83. The van der Waals surface area contributed by atoms with Crippen LogP contribution in [0.15, 0.2) is 51.5 Å². The number of carbonyl (C=O) groups excluding carboxylic acids is 1. The lowest BCUT2D eigenvalue weighted by Crippen LogP contribution is -2.01. The van der Waals surface area contributed by atoms with Gasteiger partial charge >= 0.3 is 5.97 Å². The van der Waals surface area contributed by atoms with Crippen LogP contribution in [0.5, 0.6) is 0 Å². The largest absolute Gasteiger partial charge is 0.462 e. The van der Waals surface area contributed by atoms with Gasteiger partial charge in [-0.25, -0.2) is 9.79 Å². The number of carbonyl (C=O) groups is 1. The zero-order valence-corrected chi connectivity index (χ0v) is 13.6. The van der Waals surface area contributed by atoms with Crippen molar-refractivity contribution in [3.63, 3.8) is 0 Å². The molecular weight excluding hydrogens is 337 g/mol. The molecule has 2 aromatic rings. The summed E-state index contributed by atoms with van der Waals surface area (Å²) in [6.45, 7) is 1.82. The molecule has 0 bridgehead atoms. The van der Waals surface area contributed by atoms with Crippen molar-refractivity contribution in [2.45, 2.75) is 6.92 Å². The van der Waals surface area contributed by atoms with Crippen molar-refractivity contribution >= 4 is 47.2 Å². The number of aliphatic imine (C=N–C) groups is 1. The van der Waals surface area contributed by atoms with E-state index in [1.54, 1.807) is 42.5 Å². The van der Waals surface area contributed by atoms with Crippen LogP contribution < -0.4 is 0 Å². The fourth-order valence-electron chi connectivity index (χ4n) is 1.97. The highest BCUT2D eigenvalue weighted by Crippen LogP contribution is 2.26. The number of ether oxygens (including phenoxy) is 1. The van der Waals surface area contributed by atoms with Gasteiger partial charge in [0.1, 0.15) is 11.5 Å². The fourth-order valence-corrected chi connectivity index (χ4v) is 2.34. The summed E-state index contributed by atoms with van der Waals surface area (Å²) >= 11 is 12.0. The van der Waals surface area contributed by atoms with Crippen LogP contribution in [0.2, 0.25) is 10.0 Å². The van der Waals surface area contributed by atoms with Crippen LogP contribution in [0, 0.1) is 6.92 Å². The molecule has 116 valence electrons. The lowest BCUT2D eigenvalue weighted by molar-refractivity contribution is -0.129. The van der Waals surface area contributed by atoms with Crippen LogP contribution in [0.3, 0.4) is 0 Å². The minimum atomic E-state index is -0.532. The van der Waals surface area contributed by atoms with Gasteiger partial charge in [-0.3, -0.25) is 0 Å². The summed E-state index contributed by atoms with van der Waals surface area (Å²) in [6, 6.07) is 8.83. The summed E-state index contributed by atoms with van der Waals surface area (Å²) in [5.74, 6) is 0.945. The number of furan rings is 1. The van der Waals surface area contributed by atoms with E-state index in [1.807, 2.05) is 6.92 Å². The molecule has 0 N–H and O–H groups in total. The van der Waals surface area contributed by atoms with E-state index in [1.165, 1.54) is 6.08 Å². The van der Waals surface area contributed by atoms with Crippen LogP contribution in [0.4, 0.5) is 0 Å². The third-order valence-corrected chi connectivity index (χ3v) is 3.90. The fraction of sp³-hybridized carbons (Fsp3) is 0.0588. The van der Waals surface area contributed by atoms with Crippen molar-refractivity contribution in [3.05, 3.63) is 69.2 Å². The van der Waals surface area contributed by atoms with Gasteiger partial charge in [-0.15, -0.1) is 0 Å². The summed E-state index contributed by atoms with van der Waals surface area (Å²) in [7, 11) is 0. The van der Waals surface area contributed by atoms with Gasteiger partial charge in [0.15, 0.2) is 5.70 Å². The van der Waals surface area contributed by atoms with Gasteiger partial charge in [0.25, 0.3) is 0 Å². The Hall–Kier alpha value is -2.30. The molecule has 23 heavy (non-hydrogen) atoms. The number of esters is 1. The minimum Gasteiger partial charge on any atom is -0.462 e. The normalized spacial score (nSPS) is 16.2. The average molecular weight is 348 g/mol. The maximum atomic E-state index is 11.8. The van der Waals surface area contributed by atoms with E-state index >= 15 is 0 Å². The maximum absolute atomic E-state index is 11.8. The third-order valence-electron chi connectivity index (χ3n) is 3.06. The Morgan fingerprint density at radius 2 is 1.96 bits per heavy atom. The van der Waals surface area contributed by atoms with E-state index in [2.05, 4.69) is 4.99 Å². The Morgan fingerprint density at radius 1 is 1.13 bits per heavy atom. The zero-order valence-electron chi connectivity index (χ0n) is 12.0. The van der Waals surface area contributed by atoms with E-state index in [0.717, 1.165) is 5.76 Å². The van der Waals surface area contributed by atoms with E-state index in [-0.39, 0.29) is 11.6 Å². The zero-order chi connectivity index (χ0) is 16.4. The van der Waals surface area contributed by atoms with Crippen LogP contribution in [0.1, 0.15) is 17.1 Å². The first-order valence-electron chi connectivity index (χ1n) is 6.74. The molecule has 6 heteroatoms. The second kappa shape index (κ2) is 6.44. The molecule has 1 aliphatic rings. The summed E-state index contributed by atoms with van der Waals surface area (Å²) < 4.78 is 10.5. The number of benzene rings is 1. The molecule has 0 radical (unpaired) electrons. The molecule has 1 aromatic carbocycles. The van der Waals surface area contributed by atoms with E-state index in [9.17, 15) is 4.79 Å². The first-order valence-corrected chi connectivity index (χ1v) is 7.49. The summed E-state index contributed by atoms with van der Waals surface area (Å²) in [5.41, 5.74) is 0.883. The molecule has 0 amide bonds. The van der Waals surface area contributed by atoms with Gasteiger partial charge in [0.05, 0.1) is 10.0 Å². The minimum absolute atomic E-state index is 0.177. The predicted octanol–water partition coefficient (Wildman–Crippen LogP) is 4.90.